The summed E-state index contributed by atoms with van der Waals surface area (Å²) in [5, 5.41) is 6.14. The number of nitrogens with one attached hydrogen (secondary N) is 2. The third-order valence-corrected chi connectivity index (χ3v) is 5.98. The van der Waals surface area contributed by atoms with Gasteiger partial charge in [0.05, 0.1) is 10.9 Å². The van der Waals surface area contributed by atoms with Crippen molar-refractivity contribution >= 4 is 22.7 Å². The first-order valence-corrected chi connectivity index (χ1v) is 12.7. The molecular formula is C28H36N4O4. The molecule has 0 fully saturated rings. The summed E-state index contributed by atoms with van der Waals surface area (Å²) in [5.74, 6) is 0.0721. The lowest BCUT2D eigenvalue weighted by atomic mass is 10.1. The molecule has 0 atom stereocenters. The fourth-order valence-corrected chi connectivity index (χ4v) is 4.05. The number of aromatic nitrogens is 2. The van der Waals surface area contributed by atoms with E-state index in [1.165, 1.54) is 14.7 Å². The fourth-order valence-electron chi connectivity index (χ4n) is 4.05. The van der Waals surface area contributed by atoms with Crippen LogP contribution >= 0.6 is 0 Å². The molecule has 192 valence electrons. The monoisotopic (exact) mass is 492 g/mol. The number of carbonyl (C=O) groups is 2. The van der Waals surface area contributed by atoms with Gasteiger partial charge in [-0.3, -0.25) is 23.5 Å². The standard InChI is InChI=1S/C28H36N4O4/c1-21(2)19-30-25(33)16-8-9-18-31-27(35)23-14-6-7-15-24(23)32(28(31)36)20-26(34)29-17-10-13-22-11-4-3-5-12-22/h3-7,11-12,14-15,21H,8-10,13,16-20H2,1-2H3,(H,29,34)(H,30,33). The van der Waals surface area contributed by atoms with Crippen LogP contribution in [0.15, 0.2) is 64.2 Å². The lowest BCUT2D eigenvalue weighted by molar-refractivity contribution is -0.122. The fraction of sp³-hybridized carbons (Fsp3) is 0.429. The zero-order chi connectivity index (χ0) is 25.9. The highest BCUT2D eigenvalue weighted by Crippen LogP contribution is 2.08. The highest BCUT2D eigenvalue weighted by atomic mass is 16.2. The minimum Gasteiger partial charge on any atom is -0.356 e. The molecule has 0 bridgehead atoms. The minimum absolute atomic E-state index is 0.0316. The summed E-state index contributed by atoms with van der Waals surface area (Å²) >= 11 is 0. The summed E-state index contributed by atoms with van der Waals surface area (Å²) in [6, 6.07) is 16.9. The van der Waals surface area contributed by atoms with Crippen LogP contribution < -0.4 is 21.9 Å². The van der Waals surface area contributed by atoms with Crippen molar-refractivity contribution in [3.63, 3.8) is 0 Å². The molecule has 1 aromatic heterocycles. The van der Waals surface area contributed by atoms with Crippen LogP contribution in [0.1, 0.15) is 45.1 Å². The maximum atomic E-state index is 13.2. The molecule has 0 aliphatic carbocycles. The normalized spacial score (nSPS) is 11.1. The molecule has 3 aromatic rings. The van der Waals surface area contributed by atoms with Gasteiger partial charge < -0.3 is 10.6 Å². The molecule has 1 heterocycles. The molecule has 0 unspecified atom stereocenters. The molecule has 36 heavy (non-hydrogen) atoms. The number of benzene rings is 2. The Bertz CT molecular complexity index is 1280. The zero-order valence-electron chi connectivity index (χ0n) is 21.2. The van der Waals surface area contributed by atoms with Crippen molar-refractivity contribution in [3.05, 3.63) is 81.0 Å². The van der Waals surface area contributed by atoms with Gasteiger partial charge >= 0.3 is 5.69 Å². The second kappa shape index (κ2) is 13.4. The van der Waals surface area contributed by atoms with Crippen LogP contribution in [0.2, 0.25) is 0 Å². The Morgan fingerprint density at radius 3 is 2.31 bits per heavy atom. The molecule has 8 nitrogen and oxygen atoms in total. The van der Waals surface area contributed by atoms with E-state index in [0.29, 0.717) is 49.2 Å². The Morgan fingerprint density at radius 1 is 0.833 bits per heavy atom. The second-order valence-corrected chi connectivity index (χ2v) is 9.44. The van der Waals surface area contributed by atoms with Crippen LogP contribution in [0.25, 0.3) is 10.9 Å². The molecule has 0 radical (unpaired) electrons. The molecule has 0 spiro atoms. The van der Waals surface area contributed by atoms with Gasteiger partial charge in [0, 0.05) is 26.1 Å². The second-order valence-electron chi connectivity index (χ2n) is 9.44. The quantitative estimate of drug-likeness (QED) is 0.358. The van der Waals surface area contributed by atoms with Crippen molar-refractivity contribution in [2.45, 2.75) is 59.0 Å². The van der Waals surface area contributed by atoms with Crippen LogP contribution in [-0.2, 0) is 29.1 Å². The lowest BCUT2D eigenvalue weighted by Crippen LogP contribution is -2.42. The molecule has 0 saturated carbocycles. The van der Waals surface area contributed by atoms with Crippen LogP contribution in [0.3, 0.4) is 0 Å². The number of fused-ring (bicyclic) bond motifs is 1. The third kappa shape index (κ3) is 7.66. The molecular weight excluding hydrogens is 456 g/mol. The van der Waals surface area contributed by atoms with Crippen molar-refractivity contribution in [1.29, 1.82) is 0 Å². The summed E-state index contributed by atoms with van der Waals surface area (Å²) in [4.78, 5) is 50.8. The highest BCUT2D eigenvalue weighted by Gasteiger charge is 2.15. The topological polar surface area (TPSA) is 102 Å². The average molecular weight is 493 g/mol. The largest absolute Gasteiger partial charge is 0.356 e. The maximum absolute atomic E-state index is 13.2. The van der Waals surface area contributed by atoms with Crippen molar-refractivity contribution in [1.82, 2.24) is 19.8 Å². The van der Waals surface area contributed by atoms with Crippen LogP contribution in [0.5, 0.6) is 0 Å². The molecule has 2 N–H and O–H groups in total. The Kier molecular flexibility index (Phi) is 10.0. The van der Waals surface area contributed by atoms with Gasteiger partial charge in [-0.05, 0) is 49.3 Å². The van der Waals surface area contributed by atoms with Gasteiger partial charge in [0.2, 0.25) is 11.8 Å². The Morgan fingerprint density at radius 2 is 1.56 bits per heavy atom. The third-order valence-electron chi connectivity index (χ3n) is 5.98. The maximum Gasteiger partial charge on any atom is 0.331 e. The van der Waals surface area contributed by atoms with Gasteiger partial charge in [-0.2, -0.15) is 0 Å². The summed E-state index contributed by atoms with van der Waals surface area (Å²) in [7, 11) is 0. The van der Waals surface area contributed by atoms with Crippen molar-refractivity contribution in [2.24, 2.45) is 5.92 Å². The number of amides is 2. The van der Waals surface area contributed by atoms with Gasteiger partial charge in [0.1, 0.15) is 6.54 Å². The van der Waals surface area contributed by atoms with E-state index in [4.69, 9.17) is 0 Å². The van der Waals surface area contributed by atoms with Crippen LogP contribution in [0.4, 0.5) is 0 Å². The van der Waals surface area contributed by atoms with E-state index < -0.39 is 5.69 Å². The van der Waals surface area contributed by atoms with Crippen molar-refractivity contribution in [3.8, 4) is 0 Å². The minimum atomic E-state index is -0.512. The lowest BCUT2D eigenvalue weighted by Gasteiger charge is -2.14. The Labute approximate surface area is 211 Å². The van der Waals surface area contributed by atoms with E-state index in [-0.39, 0.29) is 30.5 Å². The van der Waals surface area contributed by atoms with Gasteiger partial charge in [-0.1, -0.05) is 56.3 Å². The number of unbranched alkanes of at least 4 members (excludes halogenated alkanes) is 1. The number of hydrogen-bond donors (Lipinski definition) is 2. The summed E-state index contributed by atoms with van der Waals surface area (Å²) in [6.07, 6.45) is 3.05. The van der Waals surface area contributed by atoms with E-state index in [0.717, 1.165) is 12.8 Å². The highest BCUT2D eigenvalue weighted by molar-refractivity contribution is 5.81. The molecule has 0 saturated heterocycles. The molecule has 0 aliphatic rings. The molecule has 8 heteroatoms. The van der Waals surface area contributed by atoms with E-state index in [9.17, 15) is 19.2 Å². The number of aryl methyl sites for hydroxylation is 1. The predicted molar refractivity (Wildman–Crippen MR) is 142 cm³/mol. The first-order valence-electron chi connectivity index (χ1n) is 12.7. The average Bonchev–Trinajstić information content (AvgIpc) is 2.88. The number of rotatable bonds is 13. The number of para-hydroxylation sites is 1. The van der Waals surface area contributed by atoms with Gasteiger partial charge in [-0.15, -0.1) is 0 Å². The van der Waals surface area contributed by atoms with Crippen molar-refractivity contribution < 1.29 is 9.59 Å². The first-order chi connectivity index (χ1) is 17.4. The summed E-state index contributed by atoms with van der Waals surface area (Å²) < 4.78 is 2.54. The molecule has 3 rings (SSSR count). The van der Waals surface area contributed by atoms with Gasteiger partial charge in [0.15, 0.2) is 0 Å². The summed E-state index contributed by atoms with van der Waals surface area (Å²) in [6.45, 7) is 5.22. The van der Waals surface area contributed by atoms with Crippen LogP contribution in [-0.4, -0.2) is 34.0 Å². The van der Waals surface area contributed by atoms with Crippen LogP contribution in [0, 0.1) is 5.92 Å². The first kappa shape index (κ1) is 26.9. The molecule has 2 aromatic carbocycles. The molecule has 2 amide bonds. The van der Waals surface area contributed by atoms with E-state index in [1.54, 1.807) is 24.3 Å². The zero-order valence-corrected chi connectivity index (χ0v) is 21.2. The van der Waals surface area contributed by atoms with E-state index in [1.807, 2.05) is 32.0 Å². The predicted octanol–water partition coefficient (Wildman–Crippen LogP) is 2.85. The van der Waals surface area contributed by atoms with E-state index >= 15 is 0 Å². The summed E-state index contributed by atoms with van der Waals surface area (Å²) in [5.41, 5.74) is 0.761. The Balaban J connectivity index is 1.64. The molecule has 0 aliphatic heterocycles. The smallest absolute Gasteiger partial charge is 0.331 e. The SMILES string of the molecule is CC(C)CNC(=O)CCCCn1c(=O)c2ccccc2n(CC(=O)NCCCc2ccccc2)c1=O. The number of carbonyl (C=O) groups excluding carboxylic acids is 2. The number of hydrogen-bond acceptors (Lipinski definition) is 4. The Hall–Kier alpha value is -3.68. The number of nitrogens with zero attached hydrogens (tertiary/aromatic N) is 2. The van der Waals surface area contributed by atoms with Gasteiger partial charge in [-0.25, -0.2) is 4.79 Å². The van der Waals surface area contributed by atoms with E-state index in [2.05, 4.69) is 22.8 Å². The van der Waals surface area contributed by atoms with Crippen molar-refractivity contribution in [2.75, 3.05) is 13.1 Å². The van der Waals surface area contributed by atoms with Gasteiger partial charge in [0.25, 0.3) is 5.56 Å².